The van der Waals surface area contributed by atoms with Crippen LogP contribution in [-0.2, 0) is 6.42 Å². The number of hydrogen-bond acceptors (Lipinski definition) is 3. The molecule has 3 N–H and O–H groups in total. The summed E-state index contributed by atoms with van der Waals surface area (Å²) in [5.41, 5.74) is 2.05. The molecule has 3 rings (SSSR count). The monoisotopic (exact) mass is 383 g/mol. The second kappa shape index (κ2) is 8.95. The molecule has 0 atom stereocenters. The summed E-state index contributed by atoms with van der Waals surface area (Å²) < 4.78 is 18.6. The van der Waals surface area contributed by atoms with Crippen molar-refractivity contribution in [1.82, 2.24) is 5.32 Å². The van der Waals surface area contributed by atoms with Crippen LogP contribution in [0.1, 0.15) is 16.1 Å². The average molecular weight is 383 g/mol. The first kappa shape index (κ1) is 18.6. The van der Waals surface area contributed by atoms with E-state index in [1.807, 2.05) is 0 Å². The zero-order valence-corrected chi connectivity index (χ0v) is 15.2. The van der Waals surface area contributed by atoms with Crippen molar-refractivity contribution in [2.75, 3.05) is 17.2 Å². The molecule has 0 bridgehead atoms. The highest BCUT2D eigenvalue weighted by molar-refractivity contribution is 7.80. The summed E-state index contributed by atoms with van der Waals surface area (Å²) in [7, 11) is 0. The number of nitrogens with one attached hydrogen (secondary N) is 3. The number of anilines is 2. The maximum absolute atomic E-state index is 13.6. The first-order valence-corrected chi connectivity index (χ1v) is 8.76. The van der Waals surface area contributed by atoms with Gasteiger partial charge in [-0.2, -0.15) is 0 Å². The molecule has 0 radical (unpaired) electrons. The van der Waals surface area contributed by atoms with Gasteiger partial charge in [0.1, 0.15) is 5.82 Å². The third kappa shape index (κ3) is 5.39. The van der Waals surface area contributed by atoms with Crippen molar-refractivity contribution in [1.29, 1.82) is 0 Å². The lowest BCUT2D eigenvalue weighted by molar-refractivity contribution is 0.0996. The quantitative estimate of drug-likeness (QED) is 0.557. The number of benzene rings is 2. The van der Waals surface area contributed by atoms with Gasteiger partial charge in [-0.1, -0.05) is 18.2 Å². The minimum Gasteiger partial charge on any atom is -0.459 e. The van der Waals surface area contributed by atoms with Crippen LogP contribution in [0.15, 0.2) is 71.3 Å². The van der Waals surface area contributed by atoms with E-state index < -0.39 is 0 Å². The van der Waals surface area contributed by atoms with E-state index in [2.05, 4.69) is 16.0 Å². The lowest BCUT2D eigenvalue weighted by Crippen LogP contribution is -2.30. The van der Waals surface area contributed by atoms with E-state index in [0.29, 0.717) is 29.3 Å². The summed E-state index contributed by atoms with van der Waals surface area (Å²) in [6.07, 6.45) is 1.98. The van der Waals surface area contributed by atoms with Crippen molar-refractivity contribution in [3.05, 3.63) is 84.1 Å². The predicted molar refractivity (Wildman–Crippen MR) is 107 cm³/mol. The number of carbonyl (C=O) groups is 1. The molecule has 0 aliphatic carbocycles. The molecule has 1 aromatic heterocycles. The van der Waals surface area contributed by atoms with Crippen LogP contribution in [-0.4, -0.2) is 17.6 Å². The second-order valence-electron chi connectivity index (χ2n) is 5.73. The van der Waals surface area contributed by atoms with E-state index in [1.54, 1.807) is 54.6 Å². The zero-order valence-electron chi connectivity index (χ0n) is 14.4. The van der Waals surface area contributed by atoms with Crippen molar-refractivity contribution >= 4 is 34.6 Å². The molecule has 2 aromatic carbocycles. The Hall–Kier alpha value is -3.19. The Balaban J connectivity index is 1.45. The Morgan fingerprint density at radius 1 is 0.963 bits per heavy atom. The van der Waals surface area contributed by atoms with Crippen LogP contribution < -0.4 is 16.0 Å². The molecular formula is C20H18FN3O2S. The molecule has 0 spiro atoms. The number of carbonyl (C=O) groups excluding carboxylic acids is 1. The normalized spacial score (nSPS) is 10.3. The summed E-state index contributed by atoms with van der Waals surface area (Å²) in [6, 6.07) is 17.0. The molecule has 0 saturated heterocycles. The highest BCUT2D eigenvalue weighted by atomic mass is 32.1. The predicted octanol–water partition coefficient (Wildman–Crippen LogP) is 4.20. The molecule has 7 heteroatoms. The molecule has 27 heavy (non-hydrogen) atoms. The topological polar surface area (TPSA) is 66.3 Å². The van der Waals surface area contributed by atoms with E-state index in [0.717, 1.165) is 5.69 Å². The van der Waals surface area contributed by atoms with Crippen LogP contribution >= 0.6 is 12.2 Å². The summed E-state index contributed by atoms with van der Waals surface area (Å²) in [4.78, 5) is 11.9. The fourth-order valence-corrected chi connectivity index (χ4v) is 2.64. The molecule has 0 unspecified atom stereocenters. The SMILES string of the molecule is O=C(Nc1ccc(NC(=S)NCCc2ccccc2F)cc1)c1ccco1. The van der Waals surface area contributed by atoms with Gasteiger partial charge in [0.05, 0.1) is 6.26 Å². The summed E-state index contributed by atoms with van der Waals surface area (Å²) >= 11 is 5.24. The Morgan fingerprint density at radius 3 is 2.33 bits per heavy atom. The van der Waals surface area contributed by atoms with Crippen LogP contribution in [0.25, 0.3) is 0 Å². The van der Waals surface area contributed by atoms with Crippen molar-refractivity contribution in [2.45, 2.75) is 6.42 Å². The number of thiocarbonyl (C=S) groups is 1. The minimum absolute atomic E-state index is 0.217. The van der Waals surface area contributed by atoms with Crippen LogP contribution in [0, 0.1) is 5.82 Å². The van der Waals surface area contributed by atoms with Crippen LogP contribution in [0.3, 0.4) is 0 Å². The molecule has 138 valence electrons. The number of furan rings is 1. The van der Waals surface area contributed by atoms with Gasteiger partial charge in [0.2, 0.25) is 0 Å². The number of amides is 1. The van der Waals surface area contributed by atoms with E-state index in [4.69, 9.17) is 16.6 Å². The molecular weight excluding hydrogens is 365 g/mol. The number of hydrogen-bond donors (Lipinski definition) is 3. The van der Waals surface area contributed by atoms with E-state index in [9.17, 15) is 9.18 Å². The van der Waals surface area contributed by atoms with Gasteiger partial charge in [0.15, 0.2) is 10.9 Å². The standard InChI is InChI=1S/C20H18FN3O2S/c21-17-5-2-1-4-14(17)11-12-22-20(27)24-16-9-7-15(8-10-16)23-19(25)18-6-3-13-26-18/h1-10,13H,11-12H2,(H,23,25)(H2,22,24,27). The fourth-order valence-electron chi connectivity index (χ4n) is 2.42. The third-order valence-corrected chi connectivity index (χ3v) is 4.03. The van der Waals surface area contributed by atoms with E-state index >= 15 is 0 Å². The average Bonchev–Trinajstić information content (AvgIpc) is 3.20. The van der Waals surface area contributed by atoms with Gasteiger partial charge < -0.3 is 20.4 Å². The largest absolute Gasteiger partial charge is 0.459 e. The number of halogens is 1. The van der Waals surface area contributed by atoms with Gasteiger partial charge >= 0.3 is 0 Å². The molecule has 0 saturated carbocycles. The van der Waals surface area contributed by atoms with Crippen LogP contribution in [0.5, 0.6) is 0 Å². The Bertz CT molecular complexity index is 911. The van der Waals surface area contributed by atoms with Crippen molar-refractivity contribution in [2.24, 2.45) is 0 Å². The van der Waals surface area contributed by atoms with Crippen LogP contribution in [0.4, 0.5) is 15.8 Å². The maximum Gasteiger partial charge on any atom is 0.291 e. The summed E-state index contributed by atoms with van der Waals surface area (Å²) in [6.45, 7) is 0.518. The van der Waals surface area contributed by atoms with Gasteiger partial charge in [-0.25, -0.2) is 4.39 Å². The van der Waals surface area contributed by atoms with Crippen LogP contribution in [0.2, 0.25) is 0 Å². The Labute approximate surface area is 161 Å². The molecule has 0 fully saturated rings. The molecule has 1 heterocycles. The maximum atomic E-state index is 13.6. The zero-order chi connectivity index (χ0) is 19.1. The lowest BCUT2D eigenvalue weighted by Gasteiger charge is -2.11. The van der Waals surface area contributed by atoms with Crippen molar-refractivity contribution < 1.29 is 13.6 Å². The first-order valence-electron chi connectivity index (χ1n) is 8.35. The van der Waals surface area contributed by atoms with Gasteiger partial charge in [-0.05, 0) is 66.7 Å². The van der Waals surface area contributed by atoms with Gasteiger partial charge in [0.25, 0.3) is 5.91 Å². The minimum atomic E-state index is -0.314. The number of rotatable bonds is 6. The molecule has 3 aromatic rings. The lowest BCUT2D eigenvalue weighted by atomic mass is 10.1. The highest BCUT2D eigenvalue weighted by Crippen LogP contribution is 2.15. The highest BCUT2D eigenvalue weighted by Gasteiger charge is 2.08. The Morgan fingerprint density at radius 2 is 1.67 bits per heavy atom. The van der Waals surface area contributed by atoms with Gasteiger partial charge in [-0.15, -0.1) is 0 Å². The smallest absolute Gasteiger partial charge is 0.291 e. The molecule has 5 nitrogen and oxygen atoms in total. The first-order chi connectivity index (χ1) is 13.1. The van der Waals surface area contributed by atoms with E-state index in [1.165, 1.54) is 12.3 Å². The van der Waals surface area contributed by atoms with Crippen molar-refractivity contribution in [3.8, 4) is 0 Å². The second-order valence-corrected chi connectivity index (χ2v) is 6.14. The molecule has 0 aliphatic heterocycles. The summed E-state index contributed by atoms with van der Waals surface area (Å²) in [5, 5.41) is 9.27. The third-order valence-electron chi connectivity index (χ3n) is 3.78. The van der Waals surface area contributed by atoms with Gasteiger partial charge in [0, 0.05) is 17.9 Å². The Kier molecular flexibility index (Phi) is 6.17. The fraction of sp³-hybridized carbons (Fsp3) is 0.100. The van der Waals surface area contributed by atoms with Gasteiger partial charge in [-0.3, -0.25) is 4.79 Å². The van der Waals surface area contributed by atoms with Crippen molar-refractivity contribution in [3.63, 3.8) is 0 Å². The molecule has 1 amide bonds. The summed E-state index contributed by atoms with van der Waals surface area (Å²) in [5.74, 6) is -0.283. The molecule has 0 aliphatic rings. The van der Waals surface area contributed by atoms with E-state index in [-0.39, 0.29) is 17.5 Å².